The predicted octanol–water partition coefficient (Wildman–Crippen LogP) is 4.53. The second-order valence-corrected chi connectivity index (χ2v) is 7.37. The largest absolute Gasteiger partial charge is 0.505 e. The fraction of sp³-hybridized carbons (Fsp3) is 0.0800. The van der Waals surface area contributed by atoms with Gasteiger partial charge < -0.3 is 10.4 Å². The van der Waals surface area contributed by atoms with Crippen LogP contribution in [0.4, 0.5) is 11.4 Å². The smallest absolute Gasteiger partial charge is 0.299 e. The van der Waals surface area contributed by atoms with Crippen LogP contribution >= 0.6 is 0 Å². The number of benzene rings is 2. The zero-order chi connectivity index (χ0) is 24.1. The van der Waals surface area contributed by atoms with E-state index >= 15 is 0 Å². The van der Waals surface area contributed by atoms with E-state index in [0.29, 0.717) is 22.6 Å². The third kappa shape index (κ3) is 4.53. The number of carbonyl (C=O) groups excluding carboxylic acids is 1. The van der Waals surface area contributed by atoms with Crippen molar-refractivity contribution in [2.45, 2.75) is 6.92 Å². The second-order valence-electron chi connectivity index (χ2n) is 7.37. The number of aliphatic hydroxyl groups is 1. The molecule has 0 atom stereocenters. The summed E-state index contributed by atoms with van der Waals surface area (Å²) >= 11 is 0. The Labute approximate surface area is 195 Å². The molecule has 0 aliphatic carbocycles. The molecule has 0 unspecified atom stereocenters. The van der Waals surface area contributed by atoms with Crippen molar-refractivity contribution >= 4 is 23.0 Å². The monoisotopic (exact) mass is 454 g/mol. The second kappa shape index (κ2) is 9.78. The first-order valence-corrected chi connectivity index (χ1v) is 10.4. The Hall–Kier alpha value is -4.79. The van der Waals surface area contributed by atoms with E-state index in [1.54, 1.807) is 79.4 Å². The molecule has 0 saturated carbocycles. The van der Waals surface area contributed by atoms with Crippen LogP contribution in [0.2, 0.25) is 0 Å². The zero-order valence-corrected chi connectivity index (χ0v) is 18.6. The summed E-state index contributed by atoms with van der Waals surface area (Å²) in [6.07, 6.45) is 3.04. The molecule has 4 aromatic rings. The molecule has 0 aliphatic rings. The predicted molar refractivity (Wildman–Crippen MR) is 129 cm³/mol. The zero-order valence-electron chi connectivity index (χ0n) is 18.6. The van der Waals surface area contributed by atoms with Crippen LogP contribution < -0.4 is 10.9 Å². The molecule has 2 heterocycles. The van der Waals surface area contributed by atoms with Crippen LogP contribution in [0.1, 0.15) is 11.3 Å². The lowest BCUT2D eigenvalue weighted by molar-refractivity contribution is -0.112. The molecule has 2 aromatic carbocycles. The molecule has 0 saturated heterocycles. The Bertz CT molecular complexity index is 1420. The van der Waals surface area contributed by atoms with Crippen LogP contribution in [0.15, 0.2) is 106 Å². The van der Waals surface area contributed by atoms with E-state index in [1.165, 1.54) is 10.9 Å². The first kappa shape index (κ1) is 22.4. The van der Waals surface area contributed by atoms with Gasteiger partial charge in [0.1, 0.15) is 0 Å². The molecular formula is C25H22N6O3. The summed E-state index contributed by atoms with van der Waals surface area (Å²) in [6.45, 7) is 1.73. The van der Waals surface area contributed by atoms with E-state index < -0.39 is 11.5 Å². The lowest BCUT2D eigenvalue weighted by Crippen LogP contribution is -2.19. The summed E-state index contributed by atoms with van der Waals surface area (Å²) < 4.78 is 3.11. The summed E-state index contributed by atoms with van der Waals surface area (Å²) in [4.78, 5) is 30.1. The summed E-state index contributed by atoms with van der Waals surface area (Å²) in [5.41, 5.74) is 1.32. The van der Waals surface area contributed by atoms with E-state index in [9.17, 15) is 14.7 Å². The average Bonchev–Trinajstić information content (AvgIpc) is 3.08. The maximum absolute atomic E-state index is 13.1. The maximum Gasteiger partial charge on any atom is 0.299 e. The number of nitrogens with zero attached hydrogens (tertiary/aromatic N) is 5. The lowest BCUT2D eigenvalue weighted by atomic mass is 10.1. The van der Waals surface area contributed by atoms with Crippen molar-refractivity contribution in [1.29, 1.82) is 0 Å². The van der Waals surface area contributed by atoms with Gasteiger partial charge in [0.15, 0.2) is 17.1 Å². The molecular weight excluding hydrogens is 432 g/mol. The Morgan fingerprint density at radius 2 is 1.68 bits per heavy atom. The molecule has 170 valence electrons. The van der Waals surface area contributed by atoms with Crippen LogP contribution in [-0.2, 0) is 11.8 Å². The number of azo groups is 1. The van der Waals surface area contributed by atoms with E-state index in [4.69, 9.17) is 0 Å². The standard InChI is InChI=1S/C25H22N6O3/c1-17-21(25(34)31(30(17)2)20-13-7-4-8-14-20)28-29-22(23(32)18-10-5-3-6-11-18)24(33)27-19-12-9-15-26-16-19/h3-16,32H,1-2H3,(H,27,33)/b23-22-,29-28?. The van der Waals surface area contributed by atoms with Crippen molar-refractivity contribution in [3.8, 4) is 5.69 Å². The number of carbonyl (C=O) groups is 1. The van der Waals surface area contributed by atoms with Crippen LogP contribution in [0.5, 0.6) is 0 Å². The van der Waals surface area contributed by atoms with E-state index in [2.05, 4.69) is 20.5 Å². The molecule has 0 fully saturated rings. The summed E-state index contributed by atoms with van der Waals surface area (Å²) in [6, 6.07) is 20.9. The normalized spacial score (nSPS) is 11.9. The van der Waals surface area contributed by atoms with Gasteiger partial charge in [-0.2, -0.15) is 0 Å². The van der Waals surface area contributed by atoms with Gasteiger partial charge in [-0.05, 0) is 31.2 Å². The van der Waals surface area contributed by atoms with E-state index in [-0.39, 0.29) is 17.1 Å². The number of aliphatic hydroxyl groups excluding tert-OH is 1. The molecule has 9 nitrogen and oxygen atoms in total. The first-order chi connectivity index (χ1) is 16.5. The highest BCUT2D eigenvalue weighted by molar-refractivity contribution is 6.07. The van der Waals surface area contributed by atoms with Gasteiger partial charge >= 0.3 is 0 Å². The Kier molecular flexibility index (Phi) is 6.45. The lowest BCUT2D eigenvalue weighted by Gasteiger charge is -2.07. The molecule has 9 heteroatoms. The van der Waals surface area contributed by atoms with Crippen LogP contribution in [-0.4, -0.2) is 25.4 Å². The van der Waals surface area contributed by atoms with Crippen molar-refractivity contribution in [1.82, 2.24) is 14.3 Å². The highest BCUT2D eigenvalue weighted by Crippen LogP contribution is 2.22. The molecule has 0 bridgehead atoms. The van der Waals surface area contributed by atoms with E-state index in [1.807, 2.05) is 18.2 Å². The summed E-state index contributed by atoms with van der Waals surface area (Å²) in [7, 11) is 1.73. The maximum atomic E-state index is 13.1. The van der Waals surface area contributed by atoms with Gasteiger partial charge in [-0.15, -0.1) is 10.2 Å². The highest BCUT2D eigenvalue weighted by Gasteiger charge is 2.20. The van der Waals surface area contributed by atoms with Gasteiger partial charge in [-0.3, -0.25) is 19.3 Å². The molecule has 34 heavy (non-hydrogen) atoms. The SMILES string of the molecule is Cc1c(N=N/C(C(=O)Nc2cccnc2)=C(\O)c2ccccc2)c(=O)n(-c2ccccc2)n1C. The fourth-order valence-electron chi connectivity index (χ4n) is 3.33. The van der Waals surface area contributed by atoms with Crippen molar-refractivity contribution in [2.24, 2.45) is 17.3 Å². The number of hydrogen-bond donors (Lipinski definition) is 2. The van der Waals surface area contributed by atoms with E-state index in [0.717, 1.165) is 0 Å². The molecule has 0 spiro atoms. The minimum atomic E-state index is -0.699. The number of para-hydroxylation sites is 1. The third-order valence-corrected chi connectivity index (χ3v) is 5.18. The van der Waals surface area contributed by atoms with Crippen LogP contribution in [0.25, 0.3) is 11.4 Å². The number of pyridine rings is 1. The molecule has 2 aromatic heterocycles. The van der Waals surface area contributed by atoms with Gasteiger partial charge in [-0.1, -0.05) is 48.5 Å². The Balaban J connectivity index is 1.78. The topological polar surface area (TPSA) is 114 Å². The number of rotatable bonds is 6. The number of anilines is 1. The summed E-state index contributed by atoms with van der Waals surface area (Å²) in [5, 5.41) is 21.6. The molecule has 1 amide bonds. The number of amides is 1. The Morgan fingerprint density at radius 1 is 1.00 bits per heavy atom. The average molecular weight is 454 g/mol. The first-order valence-electron chi connectivity index (χ1n) is 10.4. The Morgan fingerprint density at radius 3 is 2.32 bits per heavy atom. The van der Waals surface area contributed by atoms with Gasteiger partial charge in [0.2, 0.25) is 0 Å². The number of hydrogen-bond acceptors (Lipinski definition) is 6. The number of aromatic nitrogens is 3. The van der Waals surface area contributed by atoms with Crippen molar-refractivity contribution < 1.29 is 9.90 Å². The van der Waals surface area contributed by atoms with Crippen molar-refractivity contribution in [2.75, 3.05) is 5.32 Å². The summed E-state index contributed by atoms with van der Waals surface area (Å²) in [5.74, 6) is -1.07. The molecule has 0 aliphatic heterocycles. The van der Waals surface area contributed by atoms with Crippen LogP contribution in [0, 0.1) is 6.92 Å². The van der Waals surface area contributed by atoms with Gasteiger partial charge in [0.05, 0.1) is 23.3 Å². The van der Waals surface area contributed by atoms with Crippen LogP contribution in [0.3, 0.4) is 0 Å². The molecule has 0 radical (unpaired) electrons. The minimum absolute atomic E-state index is 0.0545. The van der Waals surface area contributed by atoms with Gasteiger partial charge in [0, 0.05) is 18.8 Å². The molecule has 4 rings (SSSR count). The third-order valence-electron chi connectivity index (χ3n) is 5.18. The highest BCUT2D eigenvalue weighted by atomic mass is 16.3. The van der Waals surface area contributed by atoms with Gasteiger partial charge in [-0.25, -0.2) is 4.68 Å². The van der Waals surface area contributed by atoms with Crippen molar-refractivity contribution in [3.05, 3.63) is 112 Å². The number of nitrogens with one attached hydrogen (secondary N) is 1. The fourth-order valence-corrected chi connectivity index (χ4v) is 3.33. The molecule has 2 N–H and O–H groups in total. The quantitative estimate of drug-likeness (QED) is 0.253. The van der Waals surface area contributed by atoms with Gasteiger partial charge in [0.25, 0.3) is 11.5 Å². The minimum Gasteiger partial charge on any atom is -0.505 e. The van der Waals surface area contributed by atoms with Crippen molar-refractivity contribution in [3.63, 3.8) is 0 Å².